The predicted octanol–water partition coefficient (Wildman–Crippen LogP) is 2.91. The van der Waals surface area contributed by atoms with E-state index in [1.807, 2.05) is 27.8 Å². The van der Waals surface area contributed by atoms with Gasteiger partial charge >= 0.3 is 12.0 Å². The fourth-order valence-corrected chi connectivity index (χ4v) is 3.14. The number of urea groups is 1. The smallest absolute Gasteiger partial charge is 0.320 e. The number of hydrogen-bond acceptors (Lipinski definition) is 2. The molecule has 2 unspecified atom stereocenters. The van der Waals surface area contributed by atoms with Crippen LogP contribution in [0.15, 0.2) is 0 Å². The van der Waals surface area contributed by atoms with Crippen LogP contribution in [0.2, 0.25) is 0 Å². The Bertz CT molecular complexity index is 395. The first-order valence-electron chi connectivity index (χ1n) is 7.87. The third kappa shape index (κ3) is 3.69. The number of carboxylic acid groups (broad SMARTS) is 1. The molecular weight excluding hydrogens is 268 g/mol. The van der Waals surface area contributed by atoms with Crippen molar-refractivity contribution in [3.63, 3.8) is 0 Å². The molecule has 1 fully saturated rings. The lowest BCUT2D eigenvalue weighted by Gasteiger charge is -2.32. The Kier molecular flexibility index (Phi) is 5.65. The van der Waals surface area contributed by atoms with E-state index in [1.54, 1.807) is 9.80 Å². The first kappa shape index (κ1) is 17.8. The van der Waals surface area contributed by atoms with Crippen molar-refractivity contribution in [2.75, 3.05) is 20.1 Å². The van der Waals surface area contributed by atoms with Crippen LogP contribution in [-0.2, 0) is 4.79 Å². The quantitative estimate of drug-likeness (QED) is 0.849. The zero-order valence-corrected chi connectivity index (χ0v) is 14.2. The summed E-state index contributed by atoms with van der Waals surface area (Å²) >= 11 is 0. The lowest BCUT2D eigenvalue weighted by atomic mass is 9.76. The maximum Gasteiger partial charge on any atom is 0.320 e. The Balaban J connectivity index is 2.76. The zero-order chi connectivity index (χ0) is 16.4. The number of rotatable bonds is 5. The molecule has 1 aliphatic rings. The maximum atomic E-state index is 12.6. The summed E-state index contributed by atoms with van der Waals surface area (Å²) in [7, 11) is 1.81. The molecule has 1 N–H and O–H groups in total. The van der Waals surface area contributed by atoms with Crippen molar-refractivity contribution < 1.29 is 14.7 Å². The van der Waals surface area contributed by atoms with E-state index in [1.165, 1.54) is 0 Å². The van der Waals surface area contributed by atoms with Crippen LogP contribution in [0.1, 0.15) is 47.5 Å². The largest absolute Gasteiger partial charge is 0.481 e. The Hall–Kier alpha value is -1.26. The van der Waals surface area contributed by atoms with Crippen LogP contribution in [0.5, 0.6) is 0 Å². The van der Waals surface area contributed by atoms with Crippen LogP contribution in [0, 0.1) is 17.3 Å². The second kappa shape index (κ2) is 6.67. The molecule has 0 aromatic rings. The minimum absolute atomic E-state index is 0.0196. The van der Waals surface area contributed by atoms with Gasteiger partial charge in [-0.15, -0.1) is 0 Å². The van der Waals surface area contributed by atoms with E-state index in [0.717, 1.165) is 6.42 Å². The van der Waals surface area contributed by atoms with Gasteiger partial charge in [-0.25, -0.2) is 4.79 Å². The van der Waals surface area contributed by atoms with Crippen molar-refractivity contribution in [2.45, 2.75) is 53.5 Å². The SMILES string of the molecule is CC(C)CC(C)N(C)C(=O)N1CCC(C(=O)O)(C(C)C)C1. The van der Waals surface area contributed by atoms with Gasteiger partial charge in [0.05, 0.1) is 5.41 Å². The summed E-state index contributed by atoms with van der Waals surface area (Å²) in [5.74, 6) is -0.237. The van der Waals surface area contributed by atoms with Crippen LogP contribution < -0.4 is 0 Å². The van der Waals surface area contributed by atoms with Crippen molar-refractivity contribution in [3.8, 4) is 0 Å². The molecule has 5 heteroatoms. The summed E-state index contributed by atoms with van der Waals surface area (Å²) in [6.07, 6.45) is 1.49. The molecule has 122 valence electrons. The van der Waals surface area contributed by atoms with Gasteiger partial charge in [-0.3, -0.25) is 4.79 Å². The van der Waals surface area contributed by atoms with Gasteiger partial charge in [0.2, 0.25) is 0 Å². The minimum atomic E-state index is -0.794. The van der Waals surface area contributed by atoms with Gasteiger partial charge in [-0.1, -0.05) is 27.7 Å². The van der Waals surface area contributed by atoms with E-state index >= 15 is 0 Å². The van der Waals surface area contributed by atoms with Crippen molar-refractivity contribution in [1.29, 1.82) is 0 Å². The van der Waals surface area contributed by atoms with Crippen molar-refractivity contribution in [2.24, 2.45) is 17.3 Å². The van der Waals surface area contributed by atoms with Crippen molar-refractivity contribution in [1.82, 2.24) is 9.80 Å². The summed E-state index contributed by atoms with van der Waals surface area (Å²) in [6, 6.07) is 0.114. The molecule has 2 amide bonds. The summed E-state index contributed by atoms with van der Waals surface area (Å²) in [5, 5.41) is 9.55. The molecule has 21 heavy (non-hydrogen) atoms. The van der Waals surface area contributed by atoms with Gasteiger partial charge in [0.1, 0.15) is 0 Å². The van der Waals surface area contributed by atoms with Gasteiger partial charge in [0, 0.05) is 26.2 Å². The number of carbonyl (C=O) groups is 2. The summed E-state index contributed by atoms with van der Waals surface area (Å²) in [4.78, 5) is 27.6. The van der Waals surface area contributed by atoms with Crippen LogP contribution >= 0.6 is 0 Å². The molecule has 1 saturated heterocycles. The van der Waals surface area contributed by atoms with E-state index in [2.05, 4.69) is 13.8 Å². The molecular formula is C16H30N2O3. The van der Waals surface area contributed by atoms with E-state index in [0.29, 0.717) is 25.4 Å². The first-order valence-corrected chi connectivity index (χ1v) is 7.87. The molecule has 0 aromatic carbocycles. The third-order valence-electron chi connectivity index (χ3n) is 4.88. The van der Waals surface area contributed by atoms with E-state index in [4.69, 9.17) is 0 Å². The molecule has 0 saturated carbocycles. The Morgan fingerprint density at radius 1 is 1.24 bits per heavy atom. The number of nitrogens with zero attached hydrogens (tertiary/aromatic N) is 2. The summed E-state index contributed by atoms with van der Waals surface area (Å²) in [5.41, 5.74) is -0.794. The molecule has 1 heterocycles. The highest BCUT2D eigenvalue weighted by Gasteiger charge is 2.49. The van der Waals surface area contributed by atoms with Crippen LogP contribution in [0.4, 0.5) is 4.79 Å². The van der Waals surface area contributed by atoms with Crippen molar-refractivity contribution in [3.05, 3.63) is 0 Å². The second-order valence-electron chi connectivity index (χ2n) is 7.16. The Morgan fingerprint density at radius 2 is 1.81 bits per heavy atom. The second-order valence-corrected chi connectivity index (χ2v) is 7.16. The van der Waals surface area contributed by atoms with E-state index < -0.39 is 11.4 Å². The number of carbonyl (C=O) groups excluding carboxylic acids is 1. The summed E-state index contributed by atoms with van der Waals surface area (Å²) < 4.78 is 0. The fourth-order valence-electron chi connectivity index (χ4n) is 3.14. The molecule has 2 atom stereocenters. The van der Waals surface area contributed by atoms with Crippen LogP contribution in [0.3, 0.4) is 0 Å². The number of hydrogen-bond donors (Lipinski definition) is 1. The molecule has 0 spiro atoms. The van der Waals surface area contributed by atoms with E-state index in [-0.39, 0.29) is 18.0 Å². The molecule has 1 rings (SSSR count). The normalized spacial score (nSPS) is 23.7. The molecule has 1 aliphatic heterocycles. The number of carboxylic acids is 1. The number of amides is 2. The molecule has 0 radical (unpaired) electrons. The molecule has 0 bridgehead atoms. The highest BCUT2D eigenvalue weighted by Crippen LogP contribution is 2.38. The molecule has 0 aromatic heterocycles. The zero-order valence-electron chi connectivity index (χ0n) is 14.2. The van der Waals surface area contributed by atoms with Gasteiger partial charge in [0.15, 0.2) is 0 Å². The maximum absolute atomic E-state index is 12.6. The van der Waals surface area contributed by atoms with E-state index in [9.17, 15) is 14.7 Å². The first-order chi connectivity index (χ1) is 9.61. The molecule has 5 nitrogen and oxygen atoms in total. The fraction of sp³-hybridized carbons (Fsp3) is 0.875. The van der Waals surface area contributed by atoms with Crippen LogP contribution in [0.25, 0.3) is 0 Å². The minimum Gasteiger partial charge on any atom is -0.481 e. The van der Waals surface area contributed by atoms with Gasteiger partial charge < -0.3 is 14.9 Å². The van der Waals surface area contributed by atoms with Gasteiger partial charge in [0.25, 0.3) is 0 Å². The number of likely N-dealkylation sites (tertiary alicyclic amines) is 1. The molecule has 0 aliphatic carbocycles. The van der Waals surface area contributed by atoms with Crippen LogP contribution in [-0.4, -0.2) is 53.1 Å². The lowest BCUT2D eigenvalue weighted by Crippen LogP contribution is -2.47. The van der Waals surface area contributed by atoms with Gasteiger partial charge in [-0.2, -0.15) is 0 Å². The highest BCUT2D eigenvalue weighted by molar-refractivity contribution is 5.80. The Labute approximate surface area is 128 Å². The average molecular weight is 298 g/mol. The number of aliphatic carboxylic acids is 1. The lowest BCUT2D eigenvalue weighted by molar-refractivity contribution is -0.150. The Morgan fingerprint density at radius 3 is 2.19 bits per heavy atom. The van der Waals surface area contributed by atoms with Gasteiger partial charge in [-0.05, 0) is 31.6 Å². The predicted molar refractivity (Wildman–Crippen MR) is 83.2 cm³/mol. The standard InChI is InChI=1S/C16H30N2O3/c1-11(2)9-13(5)17(6)15(21)18-8-7-16(10-18,12(3)4)14(19)20/h11-13H,7-10H2,1-6H3,(H,19,20). The highest BCUT2D eigenvalue weighted by atomic mass is 16.4. The monoisotopic (exact) mass is 298 g/mol. The topological polar surface area (TPSA) is 60.9 Å². The average Bonchev–Trinajstić information content (AvgIpc) is 2.82. The van der Waals surface area contributed by atoms with Crippen molar-refractivity contribution >= 4 is 12.0 Å². The third-order valence-corrected chi connectivity index (χ3v) is 4.88. The summed E-state index contributed by atoms with van der Waals surface area (Å²) in [6.45, 7) is 11.0.